The highest BCUT2D eigenvalue weighted by atomic mass is 16.6. The average molecular weight is 543 g/mol. The van der Waals surface area contributed by atoms with E-state index in [0.717, 1.165) is 54.2 Å². The standard InChI is InChI=1S/C31H42O8/c1-6-10-16-34-19-24(38-29(32)8-3)21-36-28-18-23(5)31(27-15-13-12-14-26(27)28)37-22-25(39-30(33)9-4)20-35-17-11-7-2/h8-9,12-15,18,24-25H,3-4,6-7,10-11,16-17,19-22H2,1-2,5H3. The van der Waals surface area contributed by atoms with E-state index < -0.39 is 24.1 Å². The van der Waals surface area contributed by atoms with Gasteiger partial charge in [0.05, 0.1) is 13.2 Å². The molecule has 39 heavy (non-hydrogen) atoms. The molecule has 0 aliphatic rings. The molecule has 0 saturated heterocycles. The number of hydrogen-bond acceptors (Lipinski definition) is 8. The molecule has 0 spiro atoms. The van der Waals surface area contributed by atoms with Crippen molar-refractivity contribution in [3.63, 3.8) is 0 Å². The lowest BCUT2D eigenvalue weighted by Crippen LogP contribution is -2.30. The summed E-state index contributed by atoms with van der Waals surface area (Å²) in [7, 11) is 0. The summed E-state index contributed by atoms with van der Waals surface area (Å²) in [5.74, 6) is 0.223. The van der Waals surface area contributed by atoms with Gasteiger partial charge >= 0.3 is 11.9 Å². The number of fused-ring (bicyclic) bond motifs is 1. The zero-order valence-corrected chi connectivity index (χ0v) is 23.4. The molecule has 2 aromatic rings. The van der Waals surface area contributed by atoms with E-state index in [1.54, 1.807) is 0 Å². The molecule has 8 nitrogen and oxygen atoms in total. The average Bonchev–Trinajstić information content (AvgIpc) is 2.95. The molecular formula is C31H42O8. The van der Waals surface area contributed by atoms with Gasteiger partial charge in [0.25, 0.3) is 0 Å². The number of ether oxygens (including phenoxy) is 6. The lowest BCUT2D eigenvalue weighted by molar-refractivity contribution is -0.148. The molecule has 8 heteroatoms. The molecule has 2 rings (SSSR count). The van der Waals surface area contributed by atoms with Crippen LogP contribution < -0.4 is 9.47 Å². The van der Waals surface area contributed by atoms with Crippen LogP contribution in [-0.2, 0) is 28.5 Å². The highest BCUT2D eigenvalue weighted by Crippen LogP contribution is 2.36. The van der Waals surface area contributed by atoms with Gasteiger partial charge in [0.15, 0.2) is 12.2 Å². The first-order valence-corrected chi connectivity index (χ1v) is 13.5. The maximum absolute atomic E-state index is 11.8. The van der Waals surface area contributed by atoms with Crippen LogP contribution in [-0.4, -0.2) is 63.8 Å². The van der Waals surface area contributed by atoms with E-state index in [0.29, 0.717) is 24.7 Å². The molecule has 2 unspecified atom stereocenters. The van der Waals surface area contributed by atoms with Crippen molar-refractivity contribution in [1.29, 1.82) is 0 Å². The van der Waals surface area contributed by atoms with E-state index in [4.69, 9.17) is 28.4 Å². The topological polar surface area (TPSA) is 89.5 Å². The molecule has 0 aliphatic carbocycles. The van der Waals surface area contributed by atoms with Crippen molar-refractivity contribution in [1.82, 2.24) is 0 Å². The molecule has 2 atom stereocenters. The largest absolute Gasteiger partial charge is 0.489 e. The molecule has 0 saturated carbocycles. The number of hydrogen-bond donors (Lipinski definition) is 0. The second kappa shape index (κ2) is 18.0. The first-order chi connectivity index (χ1) is 18.9. The van der Waals surface area contributed by atoms with Crippen LogP contribution in [0.5, 0.6) is 11.5 Å². The van der Waals surface area contributed by atoms with E-state index in [1.807, 2.05) is 37.3 Å². The quantitative estimate of drug-likeness (QED) is 0.119. The van der Waals surface area contributed by atoms with E-state index in [9.17, 15) is 9.59 Å². The van der Waals surface area contributed by atoms with Crippen molar-refractivity contribution >= 4 is 22.7 Å². The second-order valence-corrected chi connectivity index (χ2v) is 9.07. The summed E-state index contributed by atoms with van der Waals surface area (Å²) >= 11 is 0. The molecule has 0 bridgehead atoms. The number of carbonyl (C=O) groups is 2. The van der Waals surface area contributed by atoms with Crippen molar-refractivity contribution in [2.24, 2.45) is 0 Å². The Bertz CT molecular complexity index is 1060. The van der Waals surface area contributed by atoms with Gasteiger partial charge in [-0.25, -0.2) is 9.59 Å². The number of carbonyl (C=O) groups excluding carboxylic acids is 2. The summed E-state index contributed by atoms with van der Waals surface area (Å²) in [5.41, 5.74) is 0.836. The van der Waals surface area contributed by atoms with Crippen LogP contribution in [0.4, 0.5) is 0 Å². The van der Waals surface area contributed by atoms with Crippen LogP contribution >= 0.6 is 0 Å². The third-order valence-electron chi connectivity index (χ3n) is 5.77. The van der Waals surface area contributed by atoms with Gasteiger partial charge in [-0.2, -0.15) is 0 Å². The van der Waals surface area contributed by atoms with Gasteiger partial charge < -0.3 is 28.4 Å². The third-order valence-corrected chi connectivity index (χ3v) is 5.77. The van der Waals surface area contributed by atoms with Crippen molar-refractivity contribution in [2.75, 3.05) is 39.6 Å². The molecule has 0 fully saturated rings. The monoisotopic (exact) mass is 542 g/mol. The van der Waals surface area contributed by atoms with E-state index in [1.165, 1.54) is 0 Å². The highest BCUT2D eigenvalue weighted by Gasteiger charge is 2.19. The molecule has 0 amide bonds. The van der Waals surface area contributed by atoms with Crippen molar-refractivity contribution < 1.29 is 38.0 Å². The van der Waals surface area contributed by atoms with Gasteiger partial charge in [-0.05, 0) is 31.4 Å². The van der Waals surface area contributed by atoms with Crippen molar-refractivity contribution in [2.45, 2.75) is 58.7 Å². The summed E-state index contributed by atoms with van der Waals surface area (Å²) in [6.07, 6.45) is 4.94. The van der Waals surface area contributed by atoms with Crippen LogP contribution in [0, 0.1) is 6.92 Å². The summed E-state index contributed by atoms with van der Waals surface area (Å²) in [4.78, 5) is 23.7. The van der Waals surface area contributed by atoms with Crippen LogP contribution in [0.15, 0.2) is 55.6 Å². The van der Waals surface area contributed by atoms with Crippen LogP contribution in [0.1, 0.15) is 45.1 Å². The summed E-state index contributed by atoms with van der Waals surface area (Å²) in [6, 6.07) is 9.58. The first-order valence-electron chi connectivity index (χ1n) is 13.5. The summed E-state index contributed by atoms with van der Waals surface area (Å²) in [6.45, 7) is 14.9. The Kier molecular flexibility index (Phi) is 14.7. The normalized spacial score (nSPS) is 12.4. The Balaban J connectivity index is 2.18. The van der Waals surface area contributed by atoms with Crippen LogP contribution in [0.2, 0.25) is 0 Å². The van der Waals surface area contributed by atoms with Gasteiger partial charge in [0, 0.05) is 36.1 Å². The van der Waals surface area contributed by atoms with Crippen LogP contribution in [0.3, 0.4) is 0 Å². The molecule has 0 aliphatic heterocycles. The molecule has 0 radical (unpaired) electrons. The fourth-order valence-corrected chi connectivity index (χ4v) is 3.70. The van der Waals surface area contributed by atoms with E-state index >= 15 is 0 Å². The van der Waals surface area contributed by atoms with Gasteiger partial charge in [-0.15, -0.1) is 0 Å². The fraction of sp³-hybridized carbons (Fsp3) is 0.484. The minimum absolute atomic E-state index is 0.115. The third kappa shape index (κ3) is 11.1. The van der Waals surface area contributed by atoms with E-state index in [2.05, 4.69) is 27.0 Å². The number of rotatable bonds is 20. The Morgan fingerprint density at radius 2 is 1.31 bits per heavy atom. The smallest absolute Gasteiger partial charge is 0.330 e. The lowest BCUT2D eigenvalue weighted by atomic mass is 10.0. The zero-order valence-electron chi connectivity index (χ0n) is 23.4. The zero-order chi connectivity index (χ0) is 28.5. The van der Waals surface area contributed by atoms with Crippen molar-refractivity contribution in [3.05, 3.63) is 61.2 Å². The molecule has 0 aromatic heterocycles. The molecular weight excluding hydrogens is 500 g/mol. The Hall–Kier alpha value is -3.36. The molecule has 0 N–H and O–H groups in total. The Morgan fingerprint density at radius 1 is 0.795 bits per heavy atom. The maximum Gasteiger partial charge on any atom is 0.330 e. The maximum atomic E-state index is 11.8. The predicted octanol–water partition coefficient (Wildman–Crippen LogP) is 5.73. The minimum atomic E-state index is -0.588. The lowest BCUT2D eigenvalue weighted by Gasteiger charge is -2.22. The van der Waals surface area contributed by atoms with Gasteiger partial charge in [-0.1, -0.05) is 64.1 Å². The number of unbranched alkanes of at least 4 members (excludes halogenated alkanes) is 2. The number of aryl methyl sites for hydroxylation is 1. The highest BCUT2D eigenvalue weighted by molar-refractivity contribution is 5.94. The second-order valence-electron chi connectivity index (χ2n) is 9.07. The minimum Gasteiger partial charge on any atom is -0.489 e. The fourth-order valence-electron chi connectivity index (χ4n) is 3.70. The Morgan fingerprint density at radius 3 is 1.82 bits per heavy atom. The first kappa shape index (κ1) is 31.9. The van der Waals surface area contributed by atoms with Gasteiger partial charge in [0.1, 0.15) is 24.7 Å². The summed E-state index contributed by atoms with van der Waals surface area (Å²) < 4.78 is 34.5. The van der Waals surface area contributed by atoms with Gasteiger partial charge in [0.2, 0.25) is 0 Å². The number of benzene rings is 2. The van der Waals surface area contributed by atoms with Gasteiger partial charge in [-0.3, -0.25) is 0 Å². The molecule has 2 aromatic carbocycles. The summed E-state index contributed by atoms with van der Waals surface area (Å²) in [5, 5.41) is 1.67. The predicted molar refractivity (Wildman–Crippen MR) is 151 cm³/mol. The van der Waals surface area contributed by atoms with Crippen molar-refractivity contribution in [3.8, 4) is 11.5 Å². The number of esters is 2. The Labute approximate surface area is 231 Å². The molecule has 0 heterocycles. The molecule has 214 valence electrons. The van der Waals surface area contributed by atoms with Crippen LogP contribution in [0.25, 0.3) is 10.8 Å². The van der Waals surface area contributed by atoms with E-state index in [-0.39, 0.29) is 26.4 Å². The SMILES string of the molecule is C=CC(=O)OC(COCCCC)COc1cc(C)c(OCC(COCCCC)OC(=O)C=C)c2ccccc12.